The third-order valence-corrected chi connectivity index (χ3v) is 4.15. The first kappa shape index (κ1) is 12.6. The van der Waals surface area contributed by atoms with E-state index in [4.69, 9.17) is 0 Å². The standard InChI is InChI=1S/C15H17F2NO/c16-13-3-1-2-11(14(13)17)15(19)18-8-12(9-4-5-9)10-6-7-10/h1-3,9-10,12H,4-8H2,(H,18,19). The van der Waals surface area contributed by atoms with Crippen LogP contribution in [-0.2, 0) is 0 Å². The molecule has 2 saturated carbocycles. The number of carbonyl (C=O) groups is 1. The molecule has 0 heterocycles. The summed E-state index contributed by atoms with van der Waals surface area (Å²) >= 11 is 0. The monoisotopic (exact) mass is 265 g/mol. The highest BCUT2D eigenvalue weighted by Gasteiger charge is 2.41. The summed E-state index contributed by atoms with van der Waals surface area (Å²) in [6.07, 6.45) is 4.97. The quantitative estimate of drug-likeness (QED) is 0.870. The molecule has 0 radical (unpaired) electrons. The Hall–Kier alpha value is -1.45. The van der Waals surface area contributed by atoms with Crippen molar-refractivity contribution in [1.82, 2.24) is 5.32 Å². The Kier molecular flexibility index (Phi) is 3.25. The fourth-order valence-electron chi connectivity index (χ4n) is 2.75. The molecule has 0 bridgehead atoms. The topological polar surface area (TPSA) is 29.1 Å². The van der Waals surface area contributed by atoms with E-state index in [2.05, 4.69) is 5.32 Å². The van der Waals surface area contributed by atoms with Crippen molar-refractivity contribution < 1.29 is 13.6 Å². The Morgan fingerprint density at radius 3 is 2.42 bits per heavy atom. The minimum absolute atomic E-state index is 0.203. The molecule has 0 aromatic heterocycles. The second kappa shape index (κ2) is 4.91. The van der Waals surface area contributed by atoms with Gasteiger partial charge in [0.05, 0.1) is 5.56 Å². The zero-order chi connectivity index (χ0) is 13.4. The molecule has 2 nitrogen and oxygen atoms in total. The van der Waals surface area contributed by atoms with Gasteiger partial charge in [-0.15, -0.1) is 0 Å². The highest BCUT2D eigenvalue weighted by atomic mass is 19.2. The van der Waals surface area contributed by atoms with Crippen LogP contribution < -0.4 is 5.32 Å². The Balaban J connectivity index is 1.62. The van der Waals surface area contributed by atoms with E-state index in [0.29, 0.717) is 12.5 Å². The summed E-state index contributed by atoms with van der Waals surface area (Å²) in [5, 5.41) is 2.76. The highest BCUT2D eigenvalue weighted by molar-refractivity contribution is 5.94. The third kappa shape index (κ3) is 2.77. The van der Waals surface area contributed by atoms with Gasteiger partial charge in [0.2, 0.25) is 0 Å². The molecule has 102 valence electrons. The molecule has 0 unspecified atom stereocenters. The molecule has 0 aliphatic heterocycles. The van der Waals surface area contributed by atoms with Crippen molar-refractivity contribution >= 4 is 5.91 Å². The average molecular weight is 265 g/mol. The lowest BCUT2D eigenvalue weighted by atomic mass is 9.98. The summed E-state index contributed by atoms with van der Waals surface area (Å²) in [4.78, 5) is 11.9. The zero-order valence-electron chi connectivity index (χ0n) is 10.7. The van der Waals surface area contributed by atoms with Crippen LogP contribution in [0.1, 0.15) is 36.0 Å². The molecule has 4 heteroatoms. The molecule has 0 spiro atoms. The lowest BCUT2D eigenvalue weighted by molar-refractivity contribution is 0.0938. The van der Waals surface area contributed by atoms with Gasteiger partial charge in [-0.05, 0) is 55.6 Å². The van der Waals surface area contributed by atoms with Crippen LogP contribution in [0.25, 0.3) is 0 Å². The second-order valence-corrected chi connectivity index (χ2v) is 5.65. The maximum absolute atomic E-state index is 13.5. The van der Waals surface area contributed by atoms with Gasteiger partial charge >= 0.3 is 0 Å². The first-order valence-corrected chi connectivity index (χ1v) is 6.89. The van der Waals surface area contributed by atoms with E-state index >= 15 is 0 Å². The molecule has 0 saturated heterocycles. The van der Waals surface area contributed by atoms with Crippen molar-refractivity contribution in [2.75, 3.05) is 6.54 Å². The Labute approximate surface area is 111 Å². The molecular formula is C15H17F2NO. The van der Waals surface area contributed by atoms with Gasteiger partial charge in [-0.25, -0.2) is 8.78 Å². The number of hydrogen-bond acceptors (Lipinski definition) is 1. The van der Waals surface area contributed by atoms with Crippen LogP contribution in [0.15, 0.2) is 18.2 Å². The number of halogens is 2. The first-order chi connectivity index (χ1) is 9.16. The predicted molar refractivity (Wildman–Crippen MR) is 67.6 cm³/mol. The predicted octanol–water partition coefficient (Wildman–Crippen LogP) is 3.13. The van der Waals surface area contributed by atoms with Crippen molar-refractivity contribution in [3.63, 3.8) is 0 Å². The molecule has 1 aromatic rings. The molecule has 2 fully saturated rings. The number of amides is 1. The largest absolute Gasteiger partial charge is 0.352 e. The van der Waals surface area contributed by atoms with Gasteiger partial charge in [-0.3, -0.25) is 4.79 Å². The third-order valence-electron chi connectivity index (χ3n) is 4.15. The van der Waals surface area contributed by atoms with E-state index in [-0.39, 0.29) is 5.56 Å². The number of nitrogens with one attached hydrogen (secondary N) is 1. The van der Waals surface area contributed by atoms with E-state index in [9.17, 15) is 13.6 Å². The normalized spacial score (nSPS) is 18.7. The summed E-state index contributed by atoms with van der Waals surface area (Å²) in [6, 6.07) is 3.69. The van der Waals surface area contributed by atoms with Crippen LogP contribution in [-0.4, -0.2) is 12.5 Å². The van der Waals surface area contributed by atoms with E-state index in [1.165, 1.54) is 37.8 Å². The molecule has 2 aliphatic rings. The Morgan fingerprint density at radius 2 is 1.84 bits per heavy atom. The minimum atomic E-state index is -1.06. The lowest BCUT2D eigenvalue weighted by Gasteiger charge is -2.16. The van der Waals surface area contributed by atoms with E-state index in [1.807, 2.05) is 0 Å². The summed E-state index contributed by atoms with van der Waals surface area (Å²) in [5.74, 6) is -0.567. The van der Waals surface area contributed by atoms with Crippen LogP contribution in [0, 0.1) is 29.4 Å². The van der Waals surface area contributed by atoms with Crippen LogP contribution >= 0.6 is 0 Å². The molecule has 2 aliphatic carbocycles. The second-order valence-electron chi connectivity index (χ2n) is 5.65. The maximum atomic E-state index is 13.5. The fraction of sp³-hybridized carbons (Fsp3) is 0.533. The van der Waals surface area contributed by atoms with Crippen molar-refractivity contribution in [1.29, 1.82) is 0 Å². The zero-order valence-corrected chi connectivity index (χ0v) is 10.7. The van der Waals surface area contributed by atoms with Gasteiger partial charge in [0.25, 0.3) is 5.91 Å². The van der Waals surface area contributed by atoms with Crippen LogP contribution in [0.2, 0.25) is 0 Å². The summed E-state index contributed by atoms with van der Waals surface area (Å²) in [6.45, 7) is 0.587. The first-order valence-electron chi connectivity index (χ1n) is 6.89. The van der Waals surface area contributed by atoms with Gasteiger partial charge < -0.3 is 5.32 Å². The minimum Gasteiger partial charge on any atom is -0.352 e. The number of rotatable bonds is 5. The fourth-order valence-corrected chi connectivity index (χ4v) is 2.75. The maximum Gasteiger partial charge on any atom is 0.254 e. The van der Waals surface area contributed by atoms with Crippen LogP contribution in [0.5, 0.6) is 0 Å². The van der Waals surface area contributed by atoms with Gasteiger partial charge in [0.1, 0.15) is 0 Å². The number of carbonyl (C=O) groups excluding carboxylic acids is 1. The Bertz CT molecular complexity index is 483. The molecule has 1 aromatic carbocycles. The molecule has 19 heavy (non-hydrogen) atoms. The van der Waals surface area contributed by atoms with Gasteiger partial charge in [-0.2, -0.15) is 0 Å². The summed E-state index contributed by atoms with van der Waals surface area (Å²) in [5.41, 5.74) is -0.203. The SMILES string of the molecule is O=C(NCC(C1CC1)C1CC1)c1cccc(F)c1F. The van der Waals surface area contributed by atoms with E-state index < -0.39 is 17.5 Å². The molecule has 1 N–H and O–H groups in total. The van der Waals surface area contributed by atoms with Gasteiger partial charge in [0.15, 0.2) is 11.6 Å². The van der Waals surface area contributed by atoms with Crippen molar-refractivity contribution in [3.05, 3.63) is 35.4 Å². The van der Waals surface area contributed by atoms with Crippen LogP contribution in [0.3, 0.4) is 0 Å². The van der Waals surface area contributed by atoms with Crippen molar-refractivity contribution in [2.45, 2.75) is 25.7 Å². The Morgan fingerprint density at radius 1 is 1.21 bits per heavy atom. The molecule has 3 rings (SSSR count). The van der Waals surface area contributed by atoms with Gasteiger partial charge in [0, 0.05) is 6.54 Å². The lowest BCUT2D eigenvalue weighted by Crippen LogP contribution is -2.31. The molecular weight excluding hydrogens is 248 g/mol. The van der Waals surface area contributed by atoms with Crippen molar-refractivity contribution in [2.24, 2.45) is 17.8 Å². The number of hydrogen-bond donors (Lipinski definition) is 1. The smallest absolute Gasteiger partial charge is 0.254 e. The molecule has 0 atom stereocenters. The van der Waals surface area contributed by atoms with Gasteiger partial charge in [-0.1, -0.05) is 6.07 Å². The van der Waals surface area contributed by atoms with Crippen molar-refractivity contribution in [3.8, 4) is 0 Å². The highest BCUT2D eigenvalue weighted by Crippen LogP contribution is 2.48. The number of benzene rings is 1. The molecule has 1 amide bonds. The van der Waals surface area contributed by atoms with Crippen LogP contribution in [0.4, 0.5) is 8.78 Å². The summed E-state index contributed by atoms with van der Waals surface area (Å²) in [7, 11) is 0. The summed E-state index contributed by atoms with van der Waals surface area (Å²) < 4.78 is 26.5. The van der Waals surface area contributed by atoms with E-state index in [1.54, 1.807) is 0 Å². The van der Waals surface area contributed by atoms with E-state index in [0.717, 1.165) is 17.9 Å². The average Bonchev–Trinajstić information content (AvgIpc) is 3.26.